The van der Waals surface area contributed by atoms with Crippen LogP contribution in [0.1, 0.15) is 25.7 Å². The summed E-state index contributed by atoms with van der Waals surface area (Å²) in [7, 11) is 1.50. The average molecular weight is 232 g/mol. The number of carboxylic acid groups (broad SMARTS) is 1. The van der Waals surface area contributed by atoms with Crippen molar-refractivity contribution in [2.45, 2.75) is 37.9 Å². The van der Waals surface area contributed by atoms with Crippen LogP contribution in [0.25, 0.3) is 0 Å². The number of nitrogens with one attached hydrogen (secondary N) is 1. The molecular formula is C10H17FN2O3. The quantitative estimate of drug-likeness (QED) is 0.759. The van der Waals surface area contributed by atoms with Gasteiger partial charge >= 0.3 is 12.0 Å². The van der Waals surface area contributed by atoms with E-state index in [0.717, 1.165) is 6.42 Å². The van der Waals surface area contributed by atoms with Gasteiger partial charge < -0.3 is 15.3 Å². The molecule has 1 rings (SSSR count). The van der Waals surface area contributed by atoms with Crippen molar-refractivity contribution in [3.63, 3.8) is 0 Å². The molecule has 1 aliphatic rings. The third-order valence-electron chi connectivity index (χ3n) is 2.75. The lowest BCUT2D eigenvalue weighted by atomic mass is 10.2. The second-order valence-electron chi connectivity index (χ2n) is 4.07. The zero-order chi connectivity index (χ0) is 12.1. The van der Waals surface area contributed by atoms with E-state index in [0.29, 0.717) is 12.8 Å². The fourth-order valence-corrected chi connectivity index (χ4v) is 1.71. The summed E-state index contributed by atoms with van der Waals surface area (Å²) in [4.78, 5) is 23.1. The van der Waals surface area contributed by atoms with Gasteiger partial charge in [0.15, 0.2) is 0 Å². The van der Waals surface area contributed by atoms with Gasteiger partial charge in [0.1, 0.15) is 6.17 Å². The highest BCUT2D eigenvalue weighted by Crippen LogP contribution is 2.21. The average Bonchev–Trinajstić information content (AvgIpc) is 2.60. The molecule has 0 aromatic rings. The molecular weight excluding hydrogens is 215 g/mol. The molecule has 0 heterocycles. The predicted octanol–water partition coefficient (Wildman–Crippen LogP) is 0.993. The van der Waals surface area contributed by atoms with Gasteiger partial charge in [0, 0.05) is 13.6 Å². The van der Waals surface area contributed by atoms with E-state index in [2.05, 4.69) is 5.32 Å². The Morgan fingerprint density at radius 2 is 2.19 bits per heavy atom. The number of carbonyl (C=O) groups excluding carboxylic acids is 1. The smallest absolute Gasteiger partial charge is 0.317 e. The molecule has 1 fully saturated rings. The van der Waals surface area contributed by atoms with Crippen LogP contribution >= 0.6 is 0 Å². The summed E-state index contributed by atoms with van der Waals surface area (Å²) in [5, 5.41) is 11.0. The van der Waals surface area contributed by atoms with Crippen LogP contribution in [0.15, 0.2) is 0 Å². The first-order chi connectivity index (χ1) is 7.50. The number of hydrogen-bond donors (Lipinski definition) is 2. The summed E-state index contributed by atoms with van der Waals surface area (Å²) in [5.41, 5.74) is 0. The van der Waals surface area contributed by atoms with Gasteiger partial charge in [-0.3, -0.25) is 4.79 Å². The van der Waals surface area contributed by atoms with E-state index in [1.807, 2.05) is 0 Å². The maximum Gasteiger partial charge on any atom is 0.317 e. The van der Waals surface area contributed by atoms with Gasteiger partial charge in [-0.15, -0.1) is 0 Å². The summed E-state index contributed by atoms with van der Waals surface area (Å²) >= 11 is 0. The molecule has 0 saturated heterocycles. The fraction of sp³-hybridized carbons (Fsp3) is 0.800. The Morgan fingerprint density at radius 3 is 2.69 bits per heavy atom. The van der Waals surface area contributed by atoms with E-state index in [9.17, 15) is 14.0 Å². The Hall–Kier alpha value is -1.33. The summed E-state index contributed by atoms with van der Waals surface area (Å²) in [5.74, 6) is -0.955. The molecule has 0 aromatic carbocycles. The SMILES string of the molecule is CN(CCC(=O)O)C(=O)N[C@@H]1CCC[C@@H]1F. The molecule has 0 spiro atoms. The maximum absolute atomic E-state index is 13.2. The van der Waals surface area contributed by atoms with Crippen LogP contribution < -0.4 is 5.32 Å². The van der Waals surface area contributed by atoms with E-state index in [-0.39, 0.29) is 13.0 Å². The van der Waals surface area contributed by atoms with Crippen molar-refractivity contribution in [1.82, 2.24) is 10.2 Å². The molecule has 16 heavy (non-hydrogen) atoms. The van der Waals surface area contributed by atoms with Crippen molar-refractivity contribution in [3.8, 4) is 0 Å². The largest absolute Gasteiger partial charge is 0.481 e. The van der Waals surface area contributed by atoms with Crippen LogP contribution in [0, 0.1) is 0 Å². The molecule has 2 amide bonds. The summed E-state index contributed by atoms with van der Waals surface area (Å²) < 4.78 is 13.2. The summed E-state index contributed by atoms with van der Waals surface area (Å²) in [6.45, 7) is 0.130. The Labute approximate surface area is 93.6 Å². The number of nitrogens with zero attached hydrogens (tertiary/aromatic N) is 1. The van der Waals surface area contributed by atoms with Crippen molar-refractivity contribution in [2.24, 2.45) is 0 Å². The highest BCUT2D eigenvalue weighted by Gasteiger charge is 2.28. The number of carboxylic acids is 1. The monoisotopic (exact) mass is 232 g/mol. The minimum Gasteiger partial charge on any atom is -0.481 e. The summed E-state index contributed by atoms with van der Waals surface area (Å²) in [6.07, 6.45) is 0.846. The minimum absolute atomic E-state index is 0.104. The van der Waals surface area contributed by atoms with Crippen LogP contribution in [-0.2, 0) is 4.79 Å². The normalized spacial score (nSPS) is 24.1. The lowest BCUT2D eigenvalue weighted by Gasteiger charge is -2.21. The Kier molecular flexibility index (Phi) is 4.52. The molecule has 0 aromatic heterocycles. The van der Waals surface area contributed by atoms with Gasteiger partial charge in [0.25, 0.3) is 0 Å². The lowest BCUT2D eigenvalue weighted by Crippen LogP contribution is -2.45. The van der Waals surface area contributed by atoms with Crippen molar-refractivity contribution in [1.29, 1.82) is 0 Å². The standard InChI is InChI=1S/C10H17FN2O3/c1-13(6-5-9(14)15)10(16)12-8-4-2-3-7(8)11/h7-8H,2-6H2,1H3,(H,12,16)(H,14,15)/t7-,8+/m0/s1. The van der Waals surface area contributed by atoms with E-state index in [1.54, 1.807) is 0 Å². The zero-order valence-electron chi connectivity index (χ0n) is 9.28. The van der Waals surface area contributed by atoms with Gasteiger partial charge in [-0.25, -0.2) is 9.18 Å². The third kappa shape index (κ3) is 3.67. The first-order valence-corrected chi connectivity index (χ1v) is 5.38. The topological polar surface area (TPSA) is 69.6 Å². The fourth-order valence-electron chi connectivity index (χ4n) is 1.71. The Bertz CT molecular complexity index is 273. The zero-order valence-corrected chi connectivity index (χ0v) is 9.28. The second kappa shape index (κ2) is 5.67. The summed E-state index contributed by atoms with van der Waals surface area (Å²) in [6, 6.07) is -0.824. The molecule has 0 radical (unpaired) electrons. The molecule has 6 heteroatoms. The van der Waals surface area contributed by atoms with Gasteiger partial charge in [-0.05, 0) is 19.3 Å². The van der Waals surface area contributed by atoms with Crippen LogP contribution in [0.4, 0.5) is 9.18 Å². The van der Waals surface area contributed by atoms with Crippen LogP contribution in [0.2, 0.25) is 0 Å². The first kappa shape index (κ1) is 12.7. The molecule has 1 saturated carbocycles. The number of amides is 2. The minimum atomic E-state index is -0.975. The molecule has 0 bridgehead atoms. The number of hydrogen-bond acceptors (Lipinski definition) is 2. The molecule has 5 nitrogen and oxygen atoms in total. The van der Waals surface area contributed by atoms with Crippen molar-refractivity contribution < 1.29 is 19.1 Å². The highest BCUT2D eigenvalue weighted by molar-refractivity contribution is 5.75. The number of aliphatic carboxylic acids is 1. The molecule has 2 atom stereocenters. The Balaban J connectivity index is 2.30. The third-order valence-corrected chi connectivity index (χ3v) is 2.75. The van der Waals surface area contributed by atoms with Gasteiger partial charge in [0.2, 0.25) is 0 Å². The molecule has 92 valence electrons. The molecule has 2 N–H and O–H groups in total. The second-order valence-corrected chi connectivity index (χ2v) is 4.07. The van der Waals surface area contributed by atoms with Gasteiger partial charge in [-0.2, -0.15) is 0 Å². The van der Waals surface area contributed by atoms with E-state index in [1.165, 1.54) is 11.9 Å². The van der Waals surface area contributed by atoms with Crippen LogP contribution in [0.5, 0.6) is 0 Å². The Morgan fingerprint density at radius 1 is 1.50 bits per heavy atom. The van der Waals surface area contributed by atoms with Crippen molar-refractivity contribution in [3.05, 3.63) is 0 Å². The van der Waals surface area contributed by atoms with Gasteiger partial charge in [-0.1, -0.05) is 0 Å². The maximum atomic E-state index is 13.2. The van der Waals surface area contributed by atoms with Gasteiger partial charge in [0.05, 0.1) is 12.5 Å². The molecule has 0 aliphatic heterocycles. The highest BCUT2D eigenvalue weighted by atomic mass is 19.1. The number of rotatable bonds is 4. The first-order valence-electron chi connectivity index (χ1n) is 5.38. The van der Waals surface area contributed by atoms with E-state index < -0.39 is 24.2 Å². The van der Waals surface area contributed by atoms with E-state index in [4.69, 9.17) is 5.11 Å². The number of urea groups is 1. The number of carbonyl (C=O) groups is 2. The lowest BCUT2D eigenvalue weighted by molar-refractivity contribution is -0.137. The van der Waals surface area contributed by atoms with E-state index >= 15 is 0 Å². The van der Waals surface area contributed by atoms with Crippen molar-refractivity contribution >= 4 is 12.0 Å². The van der Waals surface area contributed by atoms with Crippen LogP contribution in [-0.4, -0.2) is 47.8 Å². The number of alkyl halides is 1. The molecule has 0 unspecified atom stereocenters. The number of halogens is 1. The van der Waals surface area contributed by atoms with Crippen LogP contribution in [0.3, 0.4) is 0 Å². The van der Waals surface area contributed by atoms with Crippen molar-refractivity contribution in [2.75, 3.05) is 13.6 Å². The predicted molar refractivity (Wildman–Crippen MR) is 55.9 cm³/mol. The molecule has 1 aliphatic carbocycles.